The fourth-order valence-corrected chi connectivity index (χ4v) is 1.14. The molecule has 1 unspecified atom stereocenters. The molecule has 1 aromatic carbocycles. The number of carbonyl (C=O) groups is 1. The van der Waals surface area contributed by atoms with Crippen LogP contribution < -0.4 is 5.73 Å². The molecule has 1 aromatic rings. The van der Waals surface area contributed by atoms with Crippen LogP contribution in [0, 0.1) is 15.9 Å². The Balaban J connectivity index is 3.08. The van der Waals surface area contributed by atoms with E-state index in [4.69, 9.17) is 5.73 Å². The molecule has 0 bridgehead atoms. The Morgan fingerprint density at radius 1 is 1.62 bits per heavy atom. The minimum atomic E-state index is -1.29. The van der Waals surface area contributed by atoms with Crippen LogP contribution in [0.5, 0.6) is 0 Å². The lowest BCUT2D eigenvalue weighted by atomic mass is 10.1. The van der Waals surface area contributed by atoms with Gasteiger partial charge in [0.05, 0.1) is 18.1 Å². The number of nitrogens with two attached hydrogens (primary N) is 1. The number of rotatable bonds is 3. The first-order valence-electron chi connectivity index (χ1n) is 4.24. The lowest BCUT2D eigenvalue weighted by molar-refractivity contribution is -0.385. The van der Waals surface area contributed by atoms with Crippen LogP contribution in [0.2, 0.25) is 0 Å². The largest absolute Gasteiger partial charge is 0.468 e. The van der Waals surface area contributed by atoms with Crippen molar-refractivity contribution in [1.29, 1.82) is 0 Å². The highest BCUT2D eigenvalue weighted by atomic mass is 19.1. The molecular weight excluding hydrogens is 219 g/mol. The molecule has 6 nitrogen and oxygen atoms in total. The van der Waals surface area contributed by atoms with E-state index in [1.165, 1.54) is 0 Å². The molecule has 0 heterocycles. The average molecular weight is 228 g/mol. The molecular formula is C9H9FN2O4. The Morgan fingerprint density at radius 2 is 2.25 bits per heavy atom. The highest BCUT2D eigenvalue weighted by Crippen LogP contribution is 2.21. The van der Waals surface area contributed by atoms with Crippen molar-refractivity contribution in [3.05, 3.63) is 39.7 Å². The Bertz CT molecular complexity index is 436. The number of ether oxygens (including phenoxy) is 1. The van der Waals surface area contributed by atoms with Crippen molar-refractivity contribution in [2.45, 2.75) is 6.04 Å². The topological polar surface area (TPSA) is 95.5 Å². The molecule has 0 aromatic heterocycles. The molecule has 0 saturated carbocycles. The number of hydrogen-bond donors (Lipinski definition) is 1. The van der Waals surface area contributed by atoms with Gasteiger partial charge in [-0.2, -0.15) is 0 Å². The van der Waals surface area contributed by atoms with Crippen molar-refractivity contribution in [3.63, 3.8) is 0 Å². The molecule has 0 spiro atoms. The number of non-ortho nitro benzene ring substituents is 1. The molecule has 0 fully saturated rings. The van der Waals surface area contributed by atoms with Crippen molar-refractivity contribution < 1.29 is 18.8 Å². The molecule has 0 saturated heterocycles. The number of benzene rings is 1. The maximum atomic E-state index is 13.4. The monoisotopic (exact) mass is 228 g/mol. The zero-order chi connectivity index (χ0) is 12.3. The van der Waals surface area contributed by atoms with Gasteiger partial charge >= 0.3 is 5.97 Å². The number of nitro groups is 1. The number of halogens is 1. The van der Waals surface area contributed by atoms with Crippen molar-refractivity contribution in [2.24, 2.45) is 5.73 Å². The van der Waals surface area contributed by atoms with Gasteiger partial charge in [0.1, 0.15) is 11.9 Å². The summed E-state index contributed by atoms with van der Waals surface area (Å²) < 4.78 is 17.7. The zero-order valence-corrected chi connectivity index (χ0v) is 8.34. The van der Waals surface area contributed by atoms with E-state index in [0.29, 0.717) is 6.07 Å². The standard InChI is InChI=1S/C9H9FN2O4/c1-16-9(13)8(11)6-3-2-5(12(14)15)4-7(6)10/h2-4,8H,11H2,1H3. The predicted octanol–water partition coefficient (Wildman–Crippen LogP) is 0.907. The number of nitro benzene ring substituents is 1. The van der Waals surface area contributed by atoms with Gasteiger partial charge in [-0.3, -0.25) is 14.9 Å². The van der Waals surface area contributed by atoms with Crippen LogP contribution in [0.3, 0.4) is 0 Å². The number of esters is 1. The fraction of sp³-hybridized carbons (Fsp3) is 0.222. The van der Waals surface area contributed by atoms with Crippen molar-refractivity contribution >= 4 is 11.7 Å². The summed E-state index contributed by atoms with van der Waals surface area (Å²) in [5, 5.41) is 10.3. The summed E-state index contributed by atoms with van der Waals surface area (Å²) in [6.45, 7) is 0. The fourth-order valence-electron chi connectivity index (χ4n) is 1.14. The number of hydrogen-bond acceptors (Lipinski definition) is 5. The Hall–Kier alpha value is -2.02. The Kier molecular flexibility index (Phi) is 3.51. The number of methoxy groups -OCH3 is 1. The summed E-state index contributed by atoms with van der Waals surface area (Å²) >= 11 is 0. The first-order valence-corrected chi connectivity index (χ1v) is 4.24. The highest BCUT2D eigenvalue weighted by Gasteiger charge is 2.21. The van der Waals surface area contributed by atoms with Crippen molar-refractivity contribution in [3.8, 4) is 0 Å². The van der Waals surface area contributed by atoms with E-state index in [0.717, 1.165) is 19.2 Å². The number of carbonyl (C=O) groups excluding carboxylic acids is 1. The molecule has 0 aliphatic carbocycles. The maximum Gasteiger partial charge on any atom is 0.327 e. The van der Waals surface area contributed by atoms with Crippen LogP contribution in [0.15, 0.2) is 18.2 Å². The van der Waals surface area contributed by atoms with Gasteiger partial charge in [0.25, 0.3) is 5.69 Å². The minimum absolute atomic E-state index is 0.141. The van der Waals surface area contributed by atoms with Gasteiger partial charge in [-0.1, -0.05) is 0 Å². The third kappa shape index (κ3) is 2.31. The molecule has 0 radical (unpaired) electrons. The second-order valence-corrected chi connectivity index (χ2v) is 2.96. The molecule has 86 valence electrons. The molecule has 0 aliphatic heterocycles. The summed E-state index contributed by atoms with van der Waals surface area (Å²) in [6, 6.07) is 1.58. The van der Waals surface area contributed by atoms with Gasteiger partial charge in [-0.15, -0.1) is 0 Å². The van der Waals surface area contributed by atoms with E-state index < -0.39 is 28.4 Å². The van der Waals surface area contributed by atoms with E-state index >= 15 is 0 Å². The second-order valence-electron chi connectivity index (χ2n) is 2.96. The van der Waals surface area contributed by atoms with E-state index in [1.807, 2.05) is 0 Å². The second kappa shape index (κ2) is 4.67. The summed E-state index contributed by atoms with van der Waals surface area (Å²) in [5.41, 5.74) is 4.85. The lowest BCUT2D eigenvalue weighted by Crippen LogP contribution is -2.23. The Morgan fingerprint density at radius 3 is 2.69 bits per heavy atom. The molecule has 0 amide bonds. The third-order valence-corrected chi connectivity index (χ3v) is 1.99. The van der Waals surface area contributed by atoms with E-state index in [-0.39, 0.29) is 5.56 Å². The first-order chi connectivity index (χ1) is 7.47. The van der Waals surface area contributed by atoms with Crippen LogP contribution in [-0.2, 0) is 9.53 Å². The van der Waals surface area contributed by atoms with Crippen LogP contribution in [0.25, 0.3) is 0 Å². The zero-order valence-electron chi connectivity index (χ0n) is 8.34. The van der Waals surface area contributed by atoms with E-state index in [1.54, 1.807) is 0 Å². The van der Waals surface area contributed by atoms with Crippen LogP contribution in [0.1, 0.15) is 11.6 Å². The summed E-state index contributed by atoms with van der Waals surface area (Å²) in [5.74, 6) is -1.72. The maximum absolute atomic E-state index is 13.4. The van der Waals surface area contributed by atoms with E-state index in [9.17, 15) is 19.3 Å². The number of nitrogens with zero attached hydrogens (tertiary/aromatic N) is 1. The Labute approximate surface area is 90.0 Å². The van der Waals surface area contributed by atoms with Crippen LogP contribution >= 0.6 is 0 Å². The molecule has 16 heavy (non-hydrogen) atoms. The molecule has 1 rings (SSSR count). The summed E-state index contributed by atoms with van der Waals surface area (Å²) in [7, 11) is 1.12. The quantitative estimate of drug-likeness (QED) is 0.471. The molecule has 7 heteroatoms. The highest BCUT2D eigenvalue weighted by molar-refractivity contribution is 5.77. The lowest BCUT2D eigenvalue weighted by Gasteiger charge is -2.09. The molecule has 2 N–H and O–H groups in total. The van der Waals surface area contributed by atoms with Crippen LogP contribution in [-0.4, -0.2) is 18.0 Å². The van der Waals surface area contributed by atoms with Crippen molar-refractivity contribution in [1.82, 2.24) is 0 Å². The van der Waals surface area contributed by atoms with Gasteiger partial charge in [0, 0.05) is 11.6 Å². The SMILES string of the molecule is COC(=O)C(N)c1ccc([N+](=O)[O-])cc1F. The molecule has 0 aliphatic rings. The van der Waals surface area contributed by atoms with Gasteiger partial charge < -0.3 is 10.5 Å². The normalized spacial score (nSPS) is 11.9. The summed E-state index contributed by atoms with van der Waals surface area (Å²) in [4.78, 5) is 20.6. The predicted molar refractivity (Wildman–Crippen MR) is 52.0 cm³/mol. The first kappa shape index (κ1) is 12.1. The van der Waals surface area contributed by atoms with E-state index in [2.05, 4.69) is 4.74 Å². The van der Waals surface area contributed by atoms with Gasteiger partial charge in [-0.05, 0) is 6.07 Å². The third-order valence-electron chi connectivity index (χ3n) is 1.99. The molecule has 1 atom stereocenters. The van der Waals surface area contributed by atoms with Crippen LogP contribution in [0.4, 0.5) is 10.1 Å². The van der Waals surface area contributed by atoms with Gasteiger partial charge in [0.15, 0.2) is 0 Å². The smallest absolute Gasteiger partial charge is 0.327 e. The van der Waals surface area contributed by atoms with Gasteiger partial charge in [-0.25, -0.2) is 4.39 Å². The summed E-state index contributed by atoms with van der Waals surface area (Å²) in [6.07, 6.45) is 0. The average Bonchev–Trinajstić information content (AvgIpc) is 2.26. The van der Waals surface area contributed by atoms with Gasteiger partial charge in [0.2, 0.25) is 0 Å². The van der Waals surface area contributed by atoms with Crippen molar-refractivity contribution in [2.75, 3.05) is 7.11 Å². The minimum Gasteiger partial charge on any atom is -0.468 e.